The van der Waals surface area contributed by atoms with Gasteiger partial charge in [0, 0.05) is 11.9 Å². The van der Waals surface area contributed by atoms with Gasteiger partial charge in [0.1, 0.15) is 10.7 Å². The lowest BCUT2D eigenvalue weighted by Gasteiger charge is -2.16. The molecule has 0 saturated carbocycles. The lowest BCUT2D eigenvalue weighted by Crippen LogP contribution is -2.30. The molecule has 1 aliphatic rings. The molecule has 1 fully saturated rings. The van der Waals surface area contributed by atoms with E-state index in [0.717, 1.165) is 42.8 Å². The largest absolute Gasteiger partial charge is 0.491 e. The molecule has 3 aromatic carbocycles. The van der Waals surface area contributed by atoms with Crippen molar-refractivity contribution in [3.05, 3.63) is 83.7 Å². The summed E-state index contributed by atoms with van der Waals surface area (Å²) in [5.41, 5.74) is 0.919. The predicted molar refractivity (Wildman–Crippen MR) is 139 cm³/mol. The summed E-state index contributed by atoms with van der Waals surface area (Å²) in [6.07, 6.45) is -4.80. The van der Waals surface area contributed by atoms with E-state index in [-0.39, 0.29) is 9.89 Å². The Balaban J connectivity index is 1.82. The third-order valence-electron chi connectivity index (χ3n) is 6.82. The number of sulfone groups is 1. The van der Waals surface area contributed by atoms with E-state index in [1.165, 1.54) is 30.3 Å². The number of carbonyl (C=O) groups excluding carboxylic acids is 1. The van der Waals surface area contributed by atoms with Crippen LogP contribution in [-0.4, -0.2) is 46.0 Å². The number of aryl methyl sites for hydroxylation is 1. The summed E-state index contributed by atoms with van der Waals surface area (Å²) in [5.74, 6) is -5.18. The van der Waals surface area contributed by atoms with Gasteiger partial charge in [0.25, 0.3) is 10.0 Å². The fourth-order valence-corrected chi connectivity index (χ4v) is 8.09. The minimum atomic E-state index is -5.61. The first-order chi connectivity index (χ1) is 19.2. The average molecular weight is 611 g/mol. The number of ether oxygens (including phenoxy) is 1. The van der Waals surface area contributed by atoms with Crippen molar-refractivity contribution in [1.29, 1.82) is 0 Å². The normalized spacial score (nSPS) is 16.3. The van der Waals surface area contributed by atoms with Crippen molar-refractivity contribution in [3.8, 4) is 5.88 Å². The maximum Gasteiger partial charge on any atom is 0.491 e. The van der Waals surface area contributed by atoms with E-state index in [1.807, 2.05) is 0 Å². The van der Waals surface area contributed by atoms with Crippen molar-refractivity contribution in [2.75, 3.05) is 13.1 Å². The van der Waals surface area contributed by atoms with Gasteiger partial charge in [-0.05, 0) is 79.4 Å². The van der Waals surface area contributed by atoms with Gasteiger partial charge < -0.3 is 10.1 Å². The number of rotatable bonds is 6. The van der Waals surface area contributed by atoms with Crippen LogP contribution in [0.25, 0.3) is 10.9 Å². The summed E-state index contributed by atoms with van der Waals surface area (Å²) in [4.78, 5) is 10.1. The molecule has 14 heteroatoms. The number of hydrogen-bond donors (Lipinski definition) is 1. The van der Waals surface area contributed by atoms with Crippen molar-refractivity contribution < 1.29 is 43.9 Å². The zero-order chi connectivity index (χ0) is 29.7. The van der Waals surface area contributed by atoms with Gasteiger partial charge in [-0.2, -0.15) is 13.2 Å². The second-order valence-corrected chi connectivity index (χ2v) is 13.2. The molecule has 1 atom stereocenters. The molecule has 1 saturated heterocycles. The molecular weight excluding hydrogens is 588 g/mol. The summed E-state index contributed by atoms with van der Waals surface area (Å²) in [7, 11) is -9.77. The van der Waals surface area contributed by atoms with Gasteiger partial charge in [-0.1, -0.05) is 24.3 Å². The van der Waals surface area contributed by atoms with E-state index in [9.17, 15) is 39.2 Å². The lowest BCUT2D eigenvalue weighted by atomic mass is 9.94. The lowest BCUT2D eigenvalue weighted by molar-refractivity contribution is -0.190. The van der Waals surface area contributed by atoms with E-state index < -0.39 is 69.3 Å². The molecule has 1 aromatic heterocycles. The molecule has 0 amide bonds. The number of nitrogens with one attached hydrogen (secondary N) is 1. The predicted octanol–water partition coefficient (Wildman–Crippen LogP) is 4.70. The summed E-state index contributed by atoms with van der Waals surface area (Å²) < 4.78 is 115. The average Bonchev–Trinajstić information content (AvgIpc) is 3.55. The molecule has 0 bridgehead atoms. The number of benzene rings is 3. The third kappa shape index (κ3) is 5.11. The van der Waals surface area contributed by atoms with Crippen LogP contribution in [-0.2, 0) is 24.7 Å². The highest BCUT2D eigenvalue weighted by atomic mass is 32.2. The van der Waals surface area contributed by atoms with Crippen LogP contribution in [0.1, 0.15) is 23.5 Å². The van der Waals surface area contributed by atoms with Gasteiger partial charge in [0.15, 0.2) is 0 Å². The van der Waals surface area contributed by atoms with E-state index in [2.05, 4.69) is 10.1 Å². The van der Waals surface area contributed by atoms with Crippen molar-refractivity contribution in [2.24, 2.45) is 0 Å². The number of esters is 1. The van der Waals surface area contributed by atoms with Crippen molar-refractivity contribution in [1.82, 2.24) is 9.29 Å². The number of alkyl halides is 3. The van der Waals surface area contributed by atoms with Crippen molar-refractivity contribution >= 4 is 36.7 Å². The molecule has 4 aromatic rings. The minimum absolute atomic E-state index is 0.113. The maximum absolute atomic E-state index is 14.5. The van der Waals surface area contributed by atoms with Crippen LogP contribution in [0.3, 0.4) is 0 Å². The second kappa shape index (κ2) is 10.3. The third-order valence-corrected chi connectivity index (χ3v) is 10.3. The maximum atomic E-state index is 14.5. The van der Waals surface area contributed by atoms with Crippen LogP contribution in [0.5, 0.6) is 5.88 Å². The molecule has 0 radical (unpaired) electrons. The van der Waals surface area contributed by atoms with Crippen molar-refractivity contribution in [3.63, 3.8) is 0 Å². The first-order valence-electron chi connectivity index (χ1n) is 12.2. The van der Waals surface area contributed by atoms with Crippen LogP contribution >= 0.6 is 0 Å². The van der Waals surface area contributed by atoms with Crippen LogP contribution in [0.2, 0.25) is 0 Å². The fraction of sp³-hybridized carbons (Fsp3) is 0.222. The van der Waals surface area contributed by atoms with Gasteiger partial charge in [0.05, 0.1) is 15.3 Å². The highest BCUT2D eigenvalue weighted by molar-refractivity contribution is 7.92. The molecule has 1 unspecified atom stereocenters. The number of hydrogen-bond acceptors (Lipinski definition) is 7. The molecule has 8 nitrogen and oxygen atoms in total. The van der Waals surface area contributed by atoms with Crippen LogP contribution < -0.4 is 10.1 Å². The number of halogens is 4. The topological polar surface area (TPSA) is 112 Å². The van der Waals surface area contributed by atoms with Crippen molar-refractivity contribution in [2.45, 2.75) is 40.1 Å². The zero-order valence-corrected chi connectivity index (χ0v) is 22.9. The van der Waals surface area contributed by atoms with Gasteiger partial charge in [0.2, 0.25) is 15.7 Å². The molecule has 5 rings (SSSR count). The zero-order valence-electron chi connectivity index (χ0n) is 21.3. The molecular formula is C27H22F4N2O6S2. The Morgan fingerprint density at radius 2 is 1.68 bits per heavy atom. The van der Waals surface area contributed by atoms with E-state index in [4.69, 9.17) is 0 Å². The first-order valence-corrected chi connectivity index (χ1v) is 15.1. The Morgan fingerprint density at radius 3 is 2.29 bits per heavy atom. The Kier molecular flexibility index (Phi) is 7.20. The quantitative estimate of drug-likeness (QED) is 0.249. The van der Waals surface area contributed by atoms with Crippen LogP contribution in [0.4, 0.5) is 17.6 Å². The molecule has 0 spiro atoms. The van der Waals surface area contributed by atoms with Crippen LogP contribution in [0, 0.1) is 12.7 Å². The SMILES string of the molecule is Cc1cc(S(=O)(=O)c2c(OC(=O)C(F)(F)F)n(S(=O)(=O)c3ccccc3)c3ccc(F)cc23)ccc1C1CCNC1. The highest BCUT2D eigenvalue weighted by Gasteiger charge is 2.45. The van der Waals surface area contributed by atoms with Gasteiger partial charge in [-0.25, -0.2) is 30.0 Å². The first kappa shape index (κ1) is 28.8. The number of fused-ring (bicyclic) bond motifs is 1. The molecule has 1 aliphatic heterocycles. The summed E-state index contributed by atoms with van der Waals surface area (Å²) in [6.45, 7) is 3.12. The van der Waals surface area contributed by atoms with E-state index >= 15 is 0 Å². The fourth-order valence-electron chi connectivity index (χ4n) is 4.93. The number of aromatic nitrogens is 1. The molecule has 0 aliphatic carbocycles. The van der Waals surface area contributed by atoms with Gasteiger partial charge in [-0.3, -0.25) is 0 Å². The Hall–Kier alpha value is -3.75. The minimum Gasteiger partial charge on any atom is -0.400 e. The monoisotopic (exact) mass is 610 g/mol. The van der Waals surface area contributed by atoms with E-state index in [0.29, 0.717) is 18.2 Å². The molecule has 2 heterocycles. The Morgan fingerprint density at radius 1 is 0.976 bits per heavy atom. The Labute approximate surface area is 232 Å². The summed E-state index contributed by atoms with van der Waals surface area (Å²) in [5, 5.41) is 2.62. The molecule has 216 valence electrons. The van der Waals surface area contributed by atoms with Gasteiger partial charge >= 0.3 is 12.1 Å². The van der Waals surface area contributed by atoms with E-state index in [1.54, 1.807) is 13.0 Å². The second-order valence-electron chi connectivity index (χ2n) is 9.48. The number of carbonyl (C=O) groups is 1. The standard InChI is InChI=1S/C27H22F4N2O6S2/c1-16-13-20(8-9-21(16)17-11-12-32-15-17)40(35,36)24-22-14-18(28)7-10-23(22)33(25(24)39-26(34)27(29,30)31)41(37,38)19-5-3-2-4-6-19/h2-10,13-14,17,32H,11-12,15H2,1H3. The Bertz CT molecular complexity index is 1880. The summed E-state index contributed by atoms with van der Waals surface area (Å²) in [6, 6.07) is 12.8. The molecule has 41 heavy (non-hydrogen) atoms. The number of nitrogens with zero attached hydrogens (tertiary/aromatic N) is 1. The summed E-state index contributed by atoms with van der Waals surface area (Å²) >= 11 is 0. The molecule has 1 N–H and O–H groups in total. The van der Waals surface area contributed by atoms with Gasteiger partial charge in [-0.15, -0.1) is 0 Å². The van der Waals surface area contributed by atoms with Crippen LogP contribution in [0.15, 0.2) is 81.4 Å². The smallest absolute Gasteiger partial charge is 0.400 e. The highest BCUT2D eigenvalue weighted by Crippen LogP contribution is 2.43.